The van der Waals surface area contributed by atoms with E-state index in [2.05, 4.69) is 5.32 Å². The number of hydrogen-bond acceptors (Lipinski definition) is 3. The fourth-order valence-corrected chi connectivity index (χ4v) is 2.70. The predicted molar refractivity (Wildman–Crippen MR) is 86.8 cm³/mol. The van der Waals surface area contributed by atoms with Gasteiger partial charge >= 0.3 is 5.97 Å². The lowest BCUT2D eigenvalue weighted by Gasteiger charge is -2.31. The molecular formula is C19H17NO3. The smallest absolute Gasteiger partial charge is 0.333 e. The number of carbonyl (C=O) groups is 1. The van der Waals surface area contributed by atoms with Crippen molar-refractivity contribution in [3.05, 3.63) is 95.9 Å². The van der Waals surface area contributed by atoms with Crippen molar-refractivity contribution in [1.82, 2.24) is 5.32 Å². The quantitative estimate of drug-likeness (QED) is 0.732. The Balaban J connectivity index is 2.08. The molecule has 4 nitrogen and oxygen atoms in total. The molecule has 3 aromatic rings. The molecular weight excluding hydrogens is 290 g/mol. The van der Waals surface area contributed by atoms with Crippen molar-refractivity contribution < 1.29 is 14.3 Å². The number of rotatable bonds is 6. The molecule has 116 valence electrons. The van der Waals surface area contributed by atoms with Gasteiger partial charge in [-0.25, -0.2) is 4.79 Å². The summed E-state index contributed by atoms with van der Waals surface area (Å²) in [5.74, 6) is -0.274. The first-order valence-electron chi connectivity index (χ1n) is 7.35. The van der Waals surface area contributed by atoms with E-state index in [0.717, 1.165) is 0 Å². The van der Waals surface area contributed by atoms with Crippen LogP contribution in [0, 0.1) is 0 Å². The van der Waals surface area contributed by atoms with Crippen LogP contribution in [0.4, 0.5) is 0 Å². The van der Waals surface area contributed by atoms with Gasteiger partial charge in [-0.05, 0) is 23.3 Å². The van der Waals surface area contributed by atoms with Crippen molar-refractivity contribution in [2.45, 2.75) is 12.1 Å². The van der Waals surface area contributed by atoms with Crippen LogP contribution in [0.15, 0.2) is 83.5 Å². The molecule has 0 atom stereocenters. The van der Waals surface area contributed by atoms with Crippen LogP contribution in [-0.2, 0) is 16.9 Å². The molecule has 0 spiro atoms. The zero-order valence-electron chi connectivity index (χ0n) is 12.5. The Kier molecular flexibility index (Phi) is 4.26. The number of carboxylic acids is 1. The minimum atomic E-state index is -1.34. The van der Waals surface area contributed by atoms with Crippen molar-refractivity contribution >= 4 is 5.97 Å². The molecule has 0 bridgehead atoms. The maximum absolute atomic E-state index is 12.3. The summed E-state index contributed by atoms with van der Waals surface area (Å²) in [7, 11) is 0. The van der Waals surface area contributed by atoms with Gasteiger partial charge in [-0.3, -0.25) is 5.32 Å². The van der Waals surface area contributed by atoms with Gasteiger partial charge < -0.3 is 9.52 Å². The van der Waals surface area contributed by atoms with Gasteiger partial charge in [-0.2, -0.15) is 0 Å². The van der Waals surface area contributed by atoms with Crippen molar-refractivity contribution in [2.24, 2.45) is 0 Å². The minimum Gasteiger partial charge on any atom is -0.479 e. The van der Waals surface area contributed by atoms with Gasteiger partial charge in [0.15, 0.2) is 5.54 Å². The molecule has 0 aliphatic rings. The summed E-state index contributed by atoms with van der Waals surface area (Å²) in [5, 5.41) is 13.2. The Labute approximate surface area is 134 Å². The summed E-state index contributed by atoms with van der Waals surface area (Å²) in [5.41, 5.74) is 0.00508. The highest BCUT2D eigenvalue weighted by atomic mass is 16.4. The summed E-state index contributed by atoms with van der Waals surface area (Å²) in [4.78, 5) is 12.3. The number of aliphatic carboxylic acids is 1. The molecule has 4 heteroatoms. The Bertz CT molecular complexity index is 712. The normalized spacial score (nSPS) is 11.3. The molecule has 0 saturated carbocycles. The highest BCUT2D eigenvalue weighted by molar-refractivity contribution is 5.85. The molecule has 0 unspecified atom stereocenters. The number of hydrogen-bond donors (Lipinski definition) is 2. The number of nitrogens with one attached hydrogen (secondary N) is 1. The Morgan fingerprint density at radius 1 is 0.913 bits per heavy atom. The Morgan fingerprint density at radius 3 is 1.91 bits per heavy atom. The fourth-order valence-electron chi connectivity index (χ4n) is 2.70. The second kappa shape index (κ2) is 6.50. The van der Waals surface area contributed by atoms with Crippen molar-refractivity contribution in [3.8, 4) is 0 Å². The van der Waals surface area contributed by atoms with E-state index in [0.29, 0.717) is 23.4 Å². The lowest BCUT2D eigenvalue weighted by molar-refractivity contribution is -0.143. The largest absolute Gasteiger partial charge is 0.479 e. The number of benzene rings is 2. The lowest BCUT2D eigenvalue weighted by atomic mass is 9.82. The second-order valence-electron chi connectivity index (χ2n) is 5.22. The minimum absolute atomic E-state index is 0.309. The van der Waals surface area contributed by atoms with E-state index in [1.165, 1.54) is 0 Å². The third kappa shape index (κ3) is 2.89. The SMILES string of the molecule is O=C(O)C(NCc1ccco1)(c1ccccc1)c1ccccc1. The van der Waals surface area contributed by atoms with Gasteiger partial charge in [0, 0.05) is 0 Å². The van der Waals surface area contributed by atoms with Crippen LogP contribution in [0.5, 0.6) is 0 Å². The predicted octanol–water partition coefficient (Wildman–Crippen LogP) is 3.40. The van der Waals surface area contributed by atoms with E-state index in [1.54, 1.807) is 12.3 Å². The summed E-state index contributed by atoms with van der Waals surface area (Å²) in [6.45, 7) is 0.309. The molecule has 0 radical (unpaired) electrons. The first-order chi connectivity index (χ1) is 11.2. The van der Waals surface area contributed by atoms with E-state index in [9.17, 15) is 9.90 Å². The highest BCUT2D eigenvalue weighted by Crippen LogP contribution is 2.30. The first kappa shape index (κ1) is 15.1. The molecule has 0 amide bonds. The maximum Gasteiger partial charge on any atom is 0.333 e. The molecule has 2 N–H and O–H groups in total. The third-order valence-corrected chi connectivity index (χ3v) is 3.84. The van der Waals surface area contributed by atoms with Crippen LogP contribution in [0.1, 0.15) is 16.9 Å². The van der Waals surface area contributed by atoms with Crippen LogP contribution in [0.2, 0.25) is 0 Å². The van der Waals surface area contributed by atoms with Gasteiger partial charge in [0.2, 0.25) is 0 Å². The molecule has 0 aliphatic carbocycles. The van der Waals surface area contributed by atoms with Gasteiger partial charge in [0.25, 0.3) is 0 Å². The zero-order chi connectivity index (χ0) is 16.1. The van der Waals surface area contributed by atoms with E-state index in [1.807, 2.05) is 66.7 Å². The topological polar surface area (TPSA) is 62.5 Å². The van der Waals surface area contributed by atoms with Crippen LogP contribution in [-0.4, -0.2) is 11.1 Å². The summed E-state index contributed by atoms with van der Waals surface area (Å²) >= 11 is 0. The summed E-state index contributed by atoms with van der Waals surface area (Å²) in [6.07, 6.45) is 1.57. The van der Waals surface area contributed by atoms with E-state index < -0.39 is 11.5 Å². The molecule has 3 rings (SSSR count). The van der Waals surface area contributed by atoms with E-state index in [4.69, 9.17) is 4.42 Å². The summed E-state index contributed by atoms with van der Waals surface area (Å²) in [6, 6.07) is 21.9. The standard InChI is InChI=1S/C19H17NO3/c21-18(22)19(15-8-3-1-4-9-15,16-10-5-2-6-11-16)20-14-17-12-7-13-23-17/h1-13,20H,14H2,(H,21,22). The van der Waals surface area contributed by atoms with Crippen molar-refractivity contribution in [2.75, 3.05) is 0 Å². The van der Waals surface area contributed by atoms with Gasteiger partial charge in [0.1, 0.15) is 5.76 Å². The number of furan rings is 1. The average Bonchev–Trinajstić information content (AvgIpc) is 3.11. The molecule has 0 saturated heterocycles. The van der Waals surface area contributed by atoms with Crippen LogP contribution in [0.25, 0.3) is 0 Å². The Morgan fingerprint density at radius 2 is 1.48 bits per heavy atom. The molecule has 1 aromatic heterocycles. The second-order valence-corrected chi connectivity index (χ2v) is 5.22. The zero-order valence-corrected chi connectivity index (χ0v) is 12.5. The molecule has 1 heterocycles. The Hall–Kier alpha value is -2.85. The number of carboxylic acid groups (broad SMARTS) is 1. The van der Waals surface area contributed by atoms with Crippen LogP contribution >= 0.6 is 0 Å². The average molecular weight is 307 g/mol. The monoisotopic (exact) mass is 307 g/mol. The van der Waals surface area contributed by atoms with Crippen molar-refractivity contribution in [1.29, 1.82) is 0 Å². The van der Waals surface area contributed by atoms with Gasteiger partial charge in [0.05, 0.1) is 12.8 Å². The first-order valence-corrected chi connectivity index (χ1v) is 7.35. The summed E-state index contributed by atoms with van der Waals surface area (Å²) < 4.78 is 5.32. The molecule has 0 aliphatic heterocycles. The lowest BCUT2D eigenvalue weighted by Crippen LogP contribution is -2.49. The molecule has 2 aromatic carbocycles. The third-order valence-electron chi connectivity index (χ3n) is 3.84. The van der Waals surface area contributed by atoms with Gasteiger partial charge in [-0.15, -0.1) is 0 Å². The fraction of sp³-hybridized carbons (Fsp3) is 0.105. The van der Waals surface area contributed by atoms with Crippen LogP contribution in [0.3, 0.4) is 0 Å². The van der Waals surface area contributed by atoms with Gasteiger partial charge in [-0.1, -0.05) is 60.7 Å². The van der Waals surface area contributed by atoms with Crippen LogP contribution < -0.4 is 5.32 Å². The maximum atomic E-state index is 12.3. The van der Waals surface area contributed by atoms with Crippen molar-refractivity contribution in [3.63, 3.8) is 0 Å². The molecule has 23 heavy (non-hydrogen) atoms. The molecule has 0 fully saturated rings. The van der Waals surface area contributed by atoms with E-state index in [-0.39, 0.29) is 0 Å². The van der Waals surface area contributed by atoms with E-state index >= 15 is 0 Å². The highest BCUT2D eigenvalue weighted by Gasteiger charge is 2.41.